The van der Waals surface area contributed by atoms with E-state index in [1.165, 1.54) is 6.33 Å². The van der Waals surface area contributed by atoms with Crippen LogP contribution in [0.1, 0.15) is 36.9 Å². The first-order valence-electron chi connectivity index (χ1n) is 6.75. The predicted octanol–water partition coefficient (Wildman–Crippen LogP) is 0.469. The van der Waals surface area contributed by atoms with E-state index in [0.717, 1.165) is 0 Å². The second-order valence-electron chi connectivity index (χ2n) is 5.93. The van der Waals surface area contributed by atoms with Gasteiger partial charge in [0.15, 0.2) is 0 Å². The summed E-state index contributed by atoms with van der Waals surface area (Å²) in [5, 5.41) is 5.28. The van der Waals surface area contributed by atoms with Gasteiger partial charge in [-0.1, -0.05) is 0 Å². The van der Waals surface area contributed by atoms with E-state index in [9.17, 15) is 14.4 Å². The van der Waals surface area contributed by atoms with Gasteiger partial charge in [-0.25, -0.2) is 4.98 Å². The molecule has 0 saturated heterocycles. The molecule has 0 saturated carbocycles. The van der Waals surface area contributed by atoms with Gasteiger partial charge >= 0.3 is 0 Å². The molecule has 0 aliphatic heterocycles. The van der Waals surface area contributed by atoms with Crippen molar-refractivity contribution >= 4 is 22.9 Å². The molecule has 8 nitrogen and oxygen atoms in total. The maximum atomic E-state index is 12.2. The number of nitrogens with one attached hydrogen (secondary N) is 3. The molecule has 0 bridgehead atoms. The van der Waals surface area contributed by atoms with E-state index in [2.05, 4.69) is 20.6 Å². The number of furan rings is 1. The molecule has 2 amide bonds. The van der Waals surface area contributed by atoms with Crippen LogP contribution in [0.2, 0.25) is 0 Å². The molecule has 0 fully saturated rings. The number of carbonyl (C=O) groups excluding carboxylic acids is 2. The molecule has 8 heteroatoms. The van der Waals surface area contributed by atoms with Crippen molar-refractivity contribution in [3.8, 4) is 0 Å². The summed E-state index contributed by atoms with van der Waals surface area (Å²) >= 11 is 0. The lowest BCUT2D eigenvalue weighted by molar-refractivity contribution is -0.121. The predicted molar refractivity (Wildman–Crippen MR) is 79.6 cm³/mol. The van der Waals surface area contributed by atoms with Crippen LogP contribution < -0.4 is 16.2 Å². The first-order chi connectivity index (χ1) is 10.2. The fourth-order valence-corrected chi connectivity index (χ4v) is 2.04. The Morgan fingerprint density at radius 1 is 1.36 bits per heavy atom. The van der Waals surface area contributed by atoms with Gasteiger partial charge in [-0.2, -0.15) is 0 Å². The zero-order valence-electron chi connectivity index (χ0n) is 12.9. The lowest BCUT2D eigenvalue weighted by Gasteiger charge is -2.20. The molecule has 0 aromatic carbocycles. The number of fused-ring (bicyclic) bond motifs is 1. The number of carbonyl (C=O) groups is 2. The highest BCUT2D eigenvalue weighted by atomic mass is 16.3. The van der Waals surface area contributed by atoms with E-state index in [0.29, 0.717) is 0 Å². The lowest BCUT2D eigenvalue weighted by Crippen LogP contribution is -2.45. The van der Waals surface area contributed by atoms with Crippen molar-refractivity contribution in [3.05, 3.63) is 28.0 Å². The van der Waals surface area contributed by atoms with Gasteiger partial charge in [0, 0.05) is 5.54 Å². The third-order valence-electron chi connectivity index (χ3n) is 2.82. The van der Waals surface area contributed by atoms with E-state index >= 15 is 0 Å². The van der Waals surface area contributed by atoms with Crippen molar-refractivity contribution in [2.24, 2.45) is 0 Å². The van der Waals surface area contributed by atoms with E-state index in [4.69, 9.17) is 4.42 Å². The molecule has 2 heterocycles. The minimum absolute atomic E-state index is 0.0775. The Morgan fingerprint density at radius 3 is 2.68 bits per heavy atom. The smallest absolute Gasteiger partial charge is 0.262 e. The van der Waals surface area contributed by atoms with Gasteiger partial charge < -0.3 is 20.0 Å². The highest BCUT2D eigenvalue weighted by Crippen LogP contribution is 2.19. The van der Waals surface area contributed by atoms with Crippen molar-refractivity contribution in [1.29, 1.82) is 0 Å². The Labute approximate surface area is 126 Å². The first kappa shape index (κ1) is 15.7. The molecule has 0 atom stereocenters. The molecule has 3 N–H and O–H groups in total. The van der Waals surface area contributed by atoms with E-state index in [-0.39, 0.29) is 40.4 Å². The summed E-state index contributed by atoms with van der Waals surface area (Å²) in [7, 11) is 0. The maximum Gasteiger partial charge on any atom is 0.262 e. The normalized spacial score (nSPS) is 11.5. The fraction of sp³-hybridized carbons (Fsp3) is 0.429. The number of amides is 2. The minimum atomic E-state index is -0.557. The second kappa shape index (κ2) is 5.63. The quantitative estimate of drug-likeness (QED) is 0.762. The van der Waals surface area contributed by atoms with Gasteiger partial charge in [0.25, 0.3) is 11.5 Å². The molecule has 22 heavy (non-hydrogen) atoms. The van der Waals surface area contributed by atoms with Gasteiger partial charge in [0.05, 0.1) is 18.4 Å². The first-order valence-corrected chi connectivity index (χ1v) is 6.75. The largest absolute Gasteiger partial charge is 0.442 e. The molecule has 2 aromatic heterocycles. The van der Waals surface area contributed by atoms with Crippen LogP contribution in [0.5, 0.6) is 0 Å². The number of nitrogens with zero attached hydrogens (tertiary/aromatic N) is 1. The lowest BCUT2D eigenvalue weighted by atomic mass is 10.1. The molecule has 118 valence electrons. The van der Waals surface area contributed by atoms with E-state index < -0.39 is 11.5 Å². The highest BCUT2D eigenvalue weighted by Gasteiger charge is 2.22. The number of rotatable bonds is 3. The minimum Gasteiger partial charge on any atom is -0.442 e. The summed E-state index contributed by atoms with van der Waals surface area (Å²) < 4.78 is 5.30. The average Bonchev–Trinajstić information content (AvgIpc) is 2.71. The monoisotopic (exact) mass is 306 g/mol. The van der Waals surface area contributed by atoms with Crippen LogP contribution in [-0.4, -0.2) is 33.9 Å². The molecule has 0 aliphatic carbocycles. The van der Waals surface area contributed by atoms with Crippen LogP contribution in [0.25, 0.3) is 11.1 Å². The third-order valence-corrected chi connectivity index (χ3v) is 2.82. The van der Waals surface area contributed by atoms with Crippen LogP contribution in [0, 0.1) is 6.92 Å². The average molecular weight is 306 g/mol. The van der Waals surface area contributed by atoms with Crippen LogP contribution >= 0.6 is 0 Å². The number of H-pyrrole nitrogens is 1. The SMILES string of the molecule is Cc1oc2nc[nH]c(=O)c2c1C(=O)NCC(=O)NC(C)(C)C. The van der Waals surface area contributed by atoms with Crippen molar-refractivity contribution in [2.75, 3.05) is 6.54 Å². The van der Waals surface area contributed by atoms with Crippen LogP contribution in [0.4, 0.5) is 0 Å². The summed E-state index contributed by atoms with van der Waals surface area (Å²) in [6.07, 6.45) is 1.20. The second-order valence-corrected chi connectivity index (χ2v) is 5.93. The summed E-state index contributed by atoms with van der Waals surface area (Å²) in [4.78, 5) is 42.0. The number of hydrogen-bond acceptors (Lipinski definition) is 5. The van der Waals surface area contributed by atoms with Gasteiger partial charge in [-0.3, -0.25) is 14.4 Å². The Balaban J connectivity index is 2.19. The Hall–Kier alpha value is -2.64. The molecule has 0 unspecified atom stereocenters. The number of aromatic nitrogens is 2. The molecule has 2 aromatic rings. The number of aromatic amines is 1. The van der Waals surface area contributed by atoms with E-state index in [1.54, 1.807) is 6.92 Å². The Bertz CT molecular complexity index is 782. The third kappa shape index (κ3) is 3.33. The van der Waals surface area contributed by atoms with Crippen molar-refractivity contribution in [3.63, 3.8) is 0 Å². The molecule has 0 spiro atoms. The van der Waals surface area contributed by atoms with Crippen molar-refractivity contribution in [2.45, 2.75) is 33.2 Å². The van der Waals surface area contributed by atoms with Gasteiger partial charge in [-0.05, 0) is 27.7 Å². The topological polar surface area (TPSA) is 117 Å². The molecule has 2 rings (SSSR count). The number of aryl methyl sites for hydroxylation is 1. The zero-order chi connectivity index (χ0) is 16.5. The molecule has 0 aliphatic rings. The summed E-state index contributed by atoms with van der Waals surface area (Å²) in [5.74, 6) is -0.606. The van der Waals surface area contributed by atoms with Gasteiger partial charge in [0.1, 0.15) is 11.1 Å². The summed E-state index contributed by atoms with van der Waals surface area (Å²) in [5.41, 5.74) is -0.675. The van der Waals surface area contributed by atoms with Crippen LogP contribution in [-0.2, 0) is 4.79 Å². The fourth-order valence-electron chi connectivity index (χ4n) is 2.04. The van der Waals surface area contributed by atoms with Crippen molar-refractivity contribution in [1.82, 2.24) is 20.6 Å². The number of hydrogen-bond donors (Lipinski definition) is 3. The van der Waals surface area contributed by atoms with Crippen molar-refractivity contribution < 1.29 is 14.0 Å². The Morgan fingerprint density at radius 2 is 2.05 bits per heavy atom. The van der Waals surface area contributed by atoms with Gasteiger partial charge in [-0.15, -0.1) is 0 Å². The molecular formula is C14H18N4O4. The van der Waals surface area contributed by atoms with E-state index in [1.807, 2.05) is 20.8 Å². The summed E-state index contributed by atoms with van der Waals surface area (Å²) in [6.45, 7) is 6.88. The van der Waals surface area contributed by atoms with Crippen LogP contribution in [0.3, 0.4) is 0 Å². The maximum absolute atomic E-state index is 12.2. The standard InChI is InChI=1S/C14H18N4O4/c1-7-9(10-12(21)16-6-17-13(10)22-7)11(20)15-5-8(19)18-14(2,3)4/h6H,5H2,1-4H3,(H,15,20)(H,18,19)(H,16,17,21). The highest BCUT2D eigenvalue weighted by molar-refractivity contribution is 6.07. The van der Waals surface area contributed by atoms with Gasteiger partial charge in [0.2, 0.25) is 11.6 Å². The Kier molecular flexibility index (Phi) is 4.03. The summed E-state index contributed by atoms with van der Waals surface area (Å²) in [6, 6.07) is 0. The molecular weight excluding hydrogens is 288 g/mol. The molecule has 0 radical (unpaired) electrons. The zero-order valence-corrected chi connectivity index (χ0v) is 12.9. The van der Waals surface area contributed by atoms with Crippen LogP contribution in [0.15, 0.2) is 15.5 Å².